The van der Waals surface area contributed by atoms with Crippen molar-refractivity contribution in [1.82, 2.24) is 14.8 Å². The average molecular weight is 326 g/mol. The lowest BCUT2D eigenvalue weighted by molar-refractivity contribution is 0.431. The van der Waals surface area contributed by atoms with E-state index in [4.69, 9.17) is 17.3 Å². The monoisotopic (exact) mass is 325 g/mol. The molecule has 3 N–H and O–H groups in total. The fraction of sp³-hybridized carbons (Fsp3) is 0.176. The molecule has 0 saturated carbocycles. The van der Waals surface area contributed by atoms with Crippen molar-refractivity contribution in [2.24, 2.45) is 0 Å². The molecule has 2 heterocycles. The van der Waals surface area contributed by atoms with Gasteiger partial charge in [-0.05, 0) is 29.7 Å². The van der Waals surface area contributed by atoms with Gasteiger partial charge in [0.2, 0.25) is 11.9 Å². The number of nitrogens with zero attached hydrogens (tertiary/aromatic N) is 3. The Morgan fingerprint density at radius 3 is 2.65 bits per heavy atom. The highest BCUT2D eigenvalue weighted by molar-refractivity contribution is 6.30. The number of benzene rings is 2. The molecule has 0 bridgehead atoms. The van der Waals surface area contributed by atoms with Crippen LogP contribution in [0.1, 0.15) is 29.6 Å². The first-order valence-corrected chi connectivity index (χ1v) is 7.87. The van der Waals surface area contributed by atoms with Crippen molar-refractivity contribution in [3.8, 4) is 0 Å². The van der Waals surface area contributed by atoms with Gasteiger partial charge in [0.15, 0.2) is 0 Å². The molecule has 5 nitrogen and oxygen atoms in total. The Bertz CT molecular complexity index is 830. The van der Waals surface area contributed by atoms with Crippen LogP contribution < -0.4 is 11.1 Å². The molecule has 0 radical (unpaired) electrons. The van der Waals surface area contributed by atoms with Crippen LogP contribution >= 0.6 is 11.6 Å². The molecule has 4 rings (SSSR count). The highest BCUT2D eigenvalue weighted by Crippen LogP contribution is 2.38. The molecule has 2 atom stereocenters. The van der Waals surface area contributed by atoms with Crippen LogP contribution in [0.4, 0.5) is 11.9 Å². The minimum absolute atomic E-state index is 0.0416. The molecule has 1 aliphatic rings. The summed E-state index contributed by atoms with van der Waals surface area (Å²) in [5.74, 6) is 0.959. The molecule has 3 aromatic rings. The molecule has 0 amide bonds. The summed E-state index contributed by atoms with van der Waals surface area (Å²) in [4.78, 5) is 4.31. The molecule has 0 fully saturated rings. The number of nitrogens with two attached hydrogens (primary N) is 1. The minimum atomic E-state index is 0.0416. The van der Waals surface area contributed by atoms with Crippen LogP contribution in [0, 0.1) is 0 Å². The fourth-order valence-corrected chi connectivity index (χ4v) is 3.29. The van der Waals surface area contributed by atoms with E-state index in [-0.39, 0.29) is 18.0 Å². The normalized spacial score (nSPS) is 19.9. The first kappa shape index (κ1) is 14.1. The first-order chi connectivity index (χ1) is 11.2. The number of fused-ring (bicyclic) bond motifs is 1. The van der Waals surface area contributed by atoms with Gasteiger partial charge in [-0.15, -0.1) is 5.10 Å². The molecule has 1 aromatic heterocycles. The summed E-state index contributed by atoms with van der Waals surface area (Å²) in [5, 5.41) is 8.48. The summed E-state index contributed by atoms with van der Waals surface area (Å²) in [7, 11) is 0. The maximum absolute atomic E-state index is 6.16. The number of halogens is 1. The third-order valence-electron chi connectivity index (χ3n) is 4.14. The van der Waals surface area contributed by atoms with Crippen molar-refractivity contribution in [2.75, 3.05) is 11.1 Å². The number of rotatable bonds is 2. The summed E-state index contributed by atoms with van der Waals surface area (Å²) in [6.45, 7) is 0. The minimum Gasteiger partial charge on any atom is -0.366 e. The van der Waals surface area contributed by atoms with Crippen LogP contribution in [0.5, 0.6) is 0 Å². The molecule has 0 spiro atoms. The van der Waals surface area contributed by atoms with Crippen LogP contribution in [0.3, 0.4) is 0 Å². The van der Waals surface area contributed by atoms with E-state index in [2.05, 4.69) is 33.6 Å². The number of nitrogens with one attached hydrogen (secondary N) is 1. The maximum atomic E-state index is 6.16. The first-order valence-electron chi connectivity index (χ1n) is 7.49. The highest BCUT2D eigenvalue weighted by Gasteiger charge is 2.30. The topological polar surface area (TPSA) is 68.8 Å². The summed E-state index contributed by atoms with van der Waals surface area (Å²) in [6, 6.07) is 18.4. The van der Waals surface area contributed by atoms with E-state index < -0.39 is 0 Å². The van der Waals surface area contributed by atoms with Gasteiger partial charge in [-0.2, -0.15) is 4.98 Å². The largest absolute Gasteiger partial charge is 0.366 e. The van der Waals surface area contributed by atoms with E-state index in [0.717, 1.165) is 12.0 Å². The Hall–Kier alpha value is -2.53. The van der Waals surface area contributed by atoms with Crippen LogP contribution in [-0.4, -0.2) is 14.8 Å². The van der Waals surface area contributed by atoms with Gasteiger partial charge < -0.3 is 11.1 Å². The molecule has 2 aromatic carbocycles. The summed E-state index contributed by atoms with van der Waals surface area (Å²) < 4.78 is 1.85. The molecule has 1 aliphatic heterocycles. The molecule has 116 valence electrons. The molecule has 0 unspecified atom stereocenters. The van der Waals surface area contributed by atoms with Crippen LogP contribution in [-0.2, 0) is 0 Å². The van der Waals surface area contributed by atoms with Gasteiger partial charge in [0.1, 0.15) is 0 Å². The van der Waals surface area contributed by atoms with Gasteiger partial charge in [-0.3, -0.25) is 0 Å². The fourth-order valence-electron chi connectivity index (χ4n) is 3.09. The van der Waals surface area contributed by atoms with Crippen LogP contribution in [0.15, 0.2) is 54.6 Å². The van der Waals surface area contributed by atoms with E-state index in [1.54, 1.807) is 0 Å². The summed E-state index contributed by atoms with van der Waals surface area (Å²) in [6.07, 6.45) is 0.847. The van der Waals surface area contributed by atoms with Gasteiger partial charge >= 0.3 is 0 Å². The number of hydrogen-bond acceptors (Lipinski definition) is 4. The molecule has 0 aliphatic carbocycles. The van der Waals surface area contributed by atoms with Crippen LogP contribution in [0.2, 0.25) is 5.02 Å². The Morgan fingerprint density at radius 2 is 1.87 bits per heavy atom. The molecule has 0 saturated heterocycles. The zero-order chi connectivity index (χ0) is 15.8. The van der Waals surface area contributed by atoms with Gasteiger partial charge in [-0.1, -0.05) is 54.1 Å². The van der Waals surface area contributed by atoms with E-state index in [9.17, 15) is 0 Å². The number of anilines is 2. The van der Waals surface area contributed by atoms with Crippen molar-refractivity contribution in [2.45, 2.75) is 18.5 Å². The van der Waals surface area contributed by atoms with E-state index >= 15 is 0 Å². The molecular weight excluding hydrogens is 310 g/mol. The lowest BCUT2D eigenvalue weighted by atomic mass is 9.93. The van der Waals surface area contributed by atoms with E-state index in [1.165, 1.54) is 5.56 Å². The number of aromatic nitrogens is 3. The zero-order valence-electron chi connectivity index (χ0n) is 12.4. The van der Waals surface area contributed by atoms with Crippen molar-refractivity contribution in [3.63, 3.8) is 0 Å². The van der Waals surface area contributed by atoms with Gasteiger partial charge in [0.25, 0.3) is 0 Å². The Kier molecular flexibility index (Phi) is 3.42. The van der Waals surface area contributed by atoms with Crippen molar-refractivity contribution < 1.29 is 0 Å². The van der Waals surface area contributed by atoms with Crippen molar-refractivity contribution >= 4 is 23.5 Å². The third kappa shape index (κ3) is 2.64. The van der Waals surface area contributed by atoms with Gasteiger partial charge in [0.05, 0.1) is 12.1 Å². The third-order valence-corrected chi connectivity index (χ3v) is 4.38. The predicted molar refractivity (Wildman–Crippen MR) is 91.4 cm³/mol. The lowest BCUT2D eigenvalue weighted by Crippen LogP contribution is -2.28. The summed E-state index contributed by atoms with van der Waals surface area (Å²) >= 11 is 6.16. The van der Waals surface area contributed by atoms with E-state index in [1.807, 2.05) is 41.1 Å². The van der Waals surface area contributed by atoms with Gasteiger partial charge in [-0.25, -0.2) is 4.68 Å². The summed E-state index contributed by atoms with van der Waals surface area (Å²) in [5.41, 5.74) is 8.12. The molecule has 23 heavy (non-hydrogen) atoms. The molecular formula is C17H16ClN5. The predicted octanol–water partition coefficient (Wildman–Crippen LogP) is 3.66. The second-order valence-corrected chi connectivity index (χ2v) is 6.09. The quantitative estimate of drug-likeness (QED) is 0.754. The average Bonchev–Trinajstić information content (AvgIpc) is 2.95. The zero-order valence-corrected chi connectivity index (χ0v) is 13.1. The number of nitrogen functional groups attached to an aromatic ring is 1. The Morgan fingerprint density at radius 1 is 1.09 bits per heavy atom. The van der Waals surface area contributed by atoms with Crippen molar-refractivity contribution in [1.29, 1.82) is 0 Å². The Balaban J connectivity index is 1.78. The van der Waals surface area contributed by atoms with Crippen molar-refractivity contribution in [3.05, 3.63) is 70.7 Å². The Labute approximate surface area is 139 Å². The van der Waals surface area contributed by atoms with Gasteiger partial charge in [0, 0.05) is 5.02 Å². The maximum Gasteiger partial charge on any atom is 0.241 e. The van der Waals surface area contributed by atoms with Crippen LogP contribution in [0.25, 0.3) is 0 Å². The highest BCUT2D eigenvalue weighted by atomic mass is 35.5. The SMILES string of the molecule is Nc1nc2n(n1)[C@@H](c1cccc(Cl)c1)C[C@@H](c1ccccc1)N2. The second kappa shape index (κ2) is 5.59. The van der Waals surface area contributed by atoms with E-state index in [0.29, 0.717) is 11.0 Å². The standard InChI is InChI=1S/C17H16ClN5/c18-13-8-4-7-12(9-13)15-10-14(11-5-2-1-3-6-11)20-17-21-16(19)22-23(15)17/h1-9,14-15H,10H2,(H3,19,20,21,22)/t14-,15+/m0/s1. The molecule has 6 heteroatoms. The lowest BCUT2D eigenvalue weighted by Gasteiger charge is -2.31. The number of hydrogen-bond donors (Lipinski definition) is 2. The smallest absolute Gasteiger partial charge is 0.241 e. The second-order valence-electron chi connectivity index (χ2n) is 5.65.